The van der Waals surface area contributed by atoms with Crippen LogP contribution in [0.2, 0.25) is 0 Å². The Morgan fingerprint density at radius 3 is 1.92 bits per heavy atom. The molecule has 296 valence electrons. The van der Waals surface area contributed by atoms with Crippen LogP contribution in [0.1, 0.15) is 33.8 Å². The number of Topliss-reactive ketones (excluding diaryl/α,β-unsaturated/α-hetero) is 1. The summed E-state index contributed by atoms with van der Waals surface area (Å²) in [4.78, 5) is 15.0. The van der Waals surface area contributed by atoms with Gasteiger partial charge in [-0.25, -0.2) is 0 Å². The largest absolute Gasteiger partial charge is 0.455 e. The molecule has 0 bridgehead atoms. The monoisotopic (exact) mass is 806 g/mol. The number of hydrogen-bond donors (Lipinski definition) is 0. The Morgan fingerprint density at radius 2 is 1.06 bits per heavy atom. The van der Waals surface area contributed by atoms with E-state index in [1.54, 1.807) is 0 Å². The van der Waals surface area contributed by atoms with Gasteiger partial charge in [-0.2, -0.15) is 0 Å². The maximum Gasteiger partial charge on any atom is 0.166 e. The van der Waals surface area contributed by atoms with E-state index in [0.29, 0.717) is 6.42 Å². The lowest BCUT2D eigenvalue weighted by Crippen LogP contribution is -2.07. The van der Waals surface area contributed by atoms with Crippen molar-refractivity contribution in [2.75, 3.05) is 0 Å². The van der Waals surface area contributed by atoms with Crippen molar-refractivity contribution in [2.24, 2.45) is 0 Å². The van der Waals surface area contributed by atoms with Crippen LogP contribution < -0.4 is 0 Å². The Labute approximate surface area is 363 Å². The summed E-state index contributed by atoms with van der Waals surface area (Å²) in [6, 6.07) is 75.2. The zero-order chi connectivity index (χ0) is 41.6. The van der Waals surface area contributed by atoms with Gasteiger partial charge in [0, 0.05) is 61.8 Å². The number of nitrogens with zero attached hydrogens (tertiary/aromatic N) is 2. The third-order valence-corrected chi connectivity index (χ3v) is 13.3. The second-order valence-electron chi connectivity index (χ2n) is 16.7. The average molecular weight is 807 g/mol. The van der Waals surface area contributed by atoms with Crippen LogP contribution in [0.5, 0.6) is 0 Å². The summed E-state index contributed by atoms with van der Waals surface area (Å²) in [5.74, 6) is 0.0800. The third-order valence-electron chi connectivity index (χ3n) is 13.3. The summed E-state index contributed by atoms with van der Waals surface area (Å²) < 4.78 is 11.2. The fourth-order valence-corrected chi connectivity index (χ4v) is 10.4. The summed E-state index contributed by atoms with van der Waals surface area (Å²) in [5, 5.41) is 5.58. The standard InChI is InChI=1S/C59H38N2O2/c62-55-36-50(37-14-3-1-4-15-37)44-18-7-8-21-47(44)58-57(55)49-32-28-40(39-29-33-53-51(34-39)45-19-9-11-24-52(45)60(53)41-16-5-2-6-17-41)35-54(49)61(58)42-30-26-38(27-31-42)43-22-13-23-48-46-20-10-12-25-56(46)63-59(43)48/h1-35,50H,36H2. The van der Waals surface area contributed by atoms with Crippen LogP contribution in [0.3, 0.4) is 0 Å². The molecule has 1 aliphatic rings. The molecule has 0 N–H and O–H groups in total. The lowest BCUT2D eigenvalue weighted by molar-refractivity contribution is 0.0981. The van der Waals surface area contributed by atoms with Gasteiger partial charge < -0.3 is 13.6 Å². The Kier molecular flexibility index (Phi) is 7.85. The number of fused-ring (bicyclic) bond motifs is 11. The van der Waals surface area contributed by atoms with E-state index in [2.05, 4.69) is 203 Å². The van der Waals surface area contributed by atoms with Crippen LogP contribution in [-0.4, -0.2) is 14.9 Å². The molecule has 3 heterocycles. The van der Waals surface area contributed by atoms with E-state index in [4.69, 9.17) is 4.42 Å². The number of aromatic nitrogens is 2. The van der Waals surface area contributed by atoms with Crippen LogP contribution in [-0.2, 0) is 0 Å². The smallest absolute Gasteiger partial charge is 0.166 e. The number of benzene rings is 9. The molecule has 63 heavy (non-hydrogen) atoms. The van der Waals surface area contributed by atoms with Crippen molar-refractivity contribution in [2.45, 2.75) is 12.3 Å². The van der Waals surface area contributed by atoms with E-state index in [1.165, 1.54) is 16.3 Å². The van der Waals surface area contributed by atoms with E-state index >= 15 is 0 Å². The van der Waals surface area contributed by atoms with Gasteiger partial charge in [0.05, 0.1) is 27.8 Å². The van der Waals surface area contributed by atoms with Gasteiger partial charge in [-0.3, -0.25) is 4.79 Å². The number of furan rings is 1. The van der Waals surface area contributed by atoms with Crippen LogP contribution in [0.25, 0.3) is 99.5 Å². The highest BCUT2D eigenvalue weighted by molar-refractivity contribution is 6.17. The lowest BCUT2D eigenvalue weighted by Gasteiger charge is -2.19. The first-order valence-electron chi connectivity index (χ1n) is 21.6. The summed E-state index contributed by atoms with van der Waals surface area (Å²) in [7, 11) is 0. The van der Waals surface area contributed by atoms with Crippen molar-refractivity contribution < 1.29 is 9.21 Å². The minimum atomic E-state index is -0.0681. The summed E-state index contributed by atoms with van der Waals surface area (Å²) in [6.45, 7) is 0. The molecular weight excluding hydrogens is 769 g/mol. The summed E-state index contributed by atoms with van der Waals surface area (Å²) in [6.07, 6.45) is 0.386. The normalized spacial score (nSPS) is 13.8. The Bertz CT molecular complexity index is 3780. The van der Waals surface area contributed by atoms with Gasteiger partial charge in [0.1, 0.15) is 11.2 Å². The minimum Gasteiger partial charge on any atom is -0.455 e. The first-order chi connectivity index (χ1) is 31.2. The number of para-hydroxylation sites is 4. The van der Waals surface area contributed by atoms with Gasteiger partial charge in [-0.15, -0.1) is 0 Å². The molecule has 1 aliphatic carbocycles. The number of ketones is 1. The van der Waals surface area contributed by atoms with E-state index in [1.807, 2.05) is 18.2 Å². The van der Waals surface area contributed by atoms with E-state index in [0.717, 1.165) is 99.9 Å². The van der Waals surface area contributed by atoms with Crippen molar-refractivity contribution >= 4 is 60.4 Å². The Balaban J connectivity index is 1.03. The highest BCUT2D eigenvalue weighted by Crippen LogP contribution is 2.47. The molecule has 0 aliphatic heterocycles. The second kappa shape index (κ2) is 13.9. The van der Waals surface area contributed by atoms with Crippen LogP contribution in [0.4, 0.5) is 0 Å². The van der Waals surface area contributed by atoms with Crippen molar-refractivity contribution in [3.05, 3.63) is 229 Å². The SMILES string of the molecule is O=C1CC(c2ccccc2)c2ccccc2-c2c1c1ccc(-c3ccc4c(c3)c3ccccc3n4-c3ccccc3)cc1n2-c1ccc(-c2cccc3c2oc2ccccc23)cc1. The molecule has 0 fully saturated rings. The number of rotatable bonds is 5. The van der Waals surface area contributed by atoms with Gasteiger partial charge in [-0.05, 0) is 82.4 Å². The molecule has 3 aromatic heterocycles. The highest BCUT2D eigenvalue weighted by atomic mass is 16.3. The molecule has 13 rings (SSSR count). The minimum absolute atomic E-state index is 0.0681. The fourth-order valence-electron chi connectivity index (χ4n) is 10.4. The summed E-state index contributed by atoms with van der Waals surface area (Å²) in [5.41, 5.74) is 16.6. The zero-order valence-corrected chi connectivity index (χ0v) is 34.2. The molecule has 1 unspecified atom stereocenters. The maximum absolute atomic E-state index is 15.0. The van der Waals surface area contributed by atoms with Crippen LogP contribution >= 0.6 is 0 Å². The molecular formula is C59H38N2O2. The predicted molar refractivity (Wildman–Crippen MR) is 258 cm³/mol. The fraction of sp³-hybridized carbons (Fsp3) is 0.0339. The Hall–Kier alpha value is -8.21. The average Bonchev–Trinajstić information content (AvgIpc) is 3.99. The molecule has 0 amide bonds. The lowest BCUT2D eigenvalue weighted by atomic mass is 9.86. The predicted octanol–water partition coefficient (Wildman–Crippen LogP) is 15.3. The van der Waals surface area contributed by atoms with Gasteiger partial charge >= 0.3 is 0 Å². The molecule has 0 saturated heterocycles. The van der Waals surface area contributed by atoms with Crippen molar-refractivity contribution in [1.29, 1.82) is 0 Å². The topological polar surface area (TPSA) is 40.1 Å². The van der Waals surface area contributed by atoms with E-state index < -0.39 is 0 Å². The van der Waals surface area contributed by atoms with Gasteiger partial charge in [0.25, 0.3) is 0 Å². The van der Waals surface area contributed by atoms with Gasteiger partial charge in [0.15, 0.2) is 5.78 Å². The van der Waals surface area contributed by atoms with Crippen molar-refractivity contribution in [1.82, 2.24) is 9.13 Å². The first-order valence-corrected chi connectivity index (χ1v) is 21.6. The molecule has 9 aromatic carbocycles. The molecule has 0 saturated carbocycles. The van der Waals surface area contributed by atoms with Crippen molar-refractivity contribution in [3.8, 4) is 44.9 Å². The first kappa shape index (κ1) is 35.5. The molecule has 12 aromatic rings. The van der Waals surface area contributed by atoms with Crippen LogP contribution in [0, 0.1) is 0 Å². The molecule has 4 heteroatoms. The second-order valence-corrected chi connectivity index (χ2v) is 16.7. The summed E-state index contributed by atoms with van der Waals surface area (Å²) >= 11 is 0. The highest BCUT2D eigenvalue weighted by Gasteiger charge is 2.33. The Morgan fingerprint density at radius 1 is 0.429 bits per heavy atom. The van der Waals surface area contributed by atoms with Crippen molar-refractivity contribution in [3.63, 3.8) is 0 Å². The quantitative estimate of drug-likeness (QED) is 0.174. The van der Waals surface area contributed by atoms with Crippen LogP contribution in [0.15, 0.2) is 217 Å². The van der Waals surface area contributed by atoms with E-state index in [-0.39, 0.29) is 11.7 Å². The van der Waals surface area contributed by atoms with Gasteiger partial charge in [0.2, 0.25) is 0 Å². The number of carbonyl (C=O) groups excluding carboxylic acids is 1. The number of carbonyl (C=O) groups is 1. The molecule has 0 spiro atoms. The molecule has 1 atom stereocenters. The third kappa shape index (κ3) is 5.44. The molecule has 0 radical (unpaired) electrons. The number of hydrogen-bond acceptors (Lipinski definition) is 2. The van der Waals surface area contributed by atoms with Gasteiger partial charge in [-0.1, -0.05) is 158 Å². The maximum atomic E-state index is 15.0. The molecule has 4 nitrogen and oxygen atoms in total. The van der Waals surface area contributed by atoms with E-state index in [9.17, 15) is 4.79 Å². The zero-order valence-electron chi connectivity index (χ0n) is 34.2.